The summed E-state index contributed by atoms with van der Waals surface area (Å²) in [6.07, 6.45) is 0.664. The predicted molar refractivity (Wildman–Crippen MR) is 75.7 cm³/mol. The van der Waals surface area contributed by atoms with Gasteiger partial charge in [-0.15, -0.1) is 0 Å². The molecule has 0 spiro atoms. The van der Waals surface area contributed by atoms with E-state index >= 15 is 0 Å². The Morgan fingerprint density at radius 2 is 2.11 bits per heavy atom. The monoisotopic (exact) mass is 302 g/mol. The van der Waals surface area contributed by atoms with Crippen LogP contribution >= 0.6 is 23.2 Å². The average Bonchev–Trinajstić information content (AvgIpc) is 2.69. The van der Waals surface area contributed by atoms with E-state index in [1.165, 1.54) is 0 Å². The summed E-state index contributed by atoms with van der Waals surface area (Å²) in [5, 5.41) is 4.20. The van der Waals surface area contributed by atoms with Gasteiger partial charge in [-0.2, -0.15) is 0 Å². The lowest BCUT2D eigenvalue weighted by molar-refractivity contribution is 0.0985. The van der Waals surface area contributed by atoms with Crippen LogP contribution in [0.1, 0.15) is 12.0 Å². The van der Waals surface area contributed by atoms with Gasteiger partial charge in [-0.3, -0.25) is 0 Å². The van der Waals surface area contributed by atoms with Crippen molar-refractivity contribution in [2.45, 2.75) is 13.0 Å². The molecule has 0 aliphatic carbocycles. The predicted octanol–water partition coefficient (Wildman–Crippen LogP) is 2.93. The molecule has 104 valence electrons. The molecule has 1 saturated heterocycles. The molecule has 19 heavy (non-hydrogen) atoms. The second-order valence-electron chi connectivity index (χ2n) is 4.39. The molecule has 1 heterocycles. The van der Waals surface area contributed by atoms with Gasteiger partial charge in [-0.1, -0.05) is 29.3 Å². The first-order valence-electron chi connectivity index (χ1n) is 6.23. The van der Waals surface area contributed by atoms with Crippen LogP contribution in [0.5, 0.6) is 0 Å². The van der Waals surface area contributed by atoms with E-state index in [1.807, 2.05) is 0 Å². The highest BCUT2D eigenvalue weighted by molar-refractivity contribution is 6.42. The van der Waals surface area contributed by atoms with E-state index in [4.69, 9.17) is 27.9 Å². The summed E-state index contributed by atoms with van der Waals surface area (Å²) in [4.78, 5) is 13.6. The minimum absolute atomic E-state index is 0.208. The lowest BCUT2D eigenvalue weighted by Crippen LogP contribution is -2.34. The Morgan fingerprint density at radius 1 is 1.26 bits per heavy atom. The van der Waals surface area contributed by atoms with Crippen molar-refractivity contribution >= 4 is 29.3 Å². The van der Waals surface area contributed by atoms with Crippen LogP contribution < -0.4 is 5.32 Å². The molecule has 6 heteroatoms. The molecule has 4 nitrogen and oxygen atoms in total. The third-order valence-corrected chi connectivity index (χ3v) is 3.68. The molecule has 1 fully saturated rings. The molecule has 1 amide bonds. The maximum atomic E-state index is 11.9. The number of nitrogens with one attached hydrogen (secondary N) is 1. The van der Waals surface area contributed by atoms with Crippen molar-refractivity contribution in [3.8, 4) is 0 Å². The first kappa shape index (κ1) is 14.4. The van der Waals surface area contributed by atoms with Crippen LogP contribution in [0.4, 0.5) is 4.79 Å². The van der Waals surface area contributed by atoms with Gasteiger partial charge in [0.1, 0.15) is 6.61 Å². The molecular formula is C13H16Cl2N2O2. The third-order valence-electron chi connectivity index (χ3n) is 2.94. The molecule has 1 aromatic carbocycles. The fourth-order valence-electron chi connectivity index (χ4n) is 1.89. The van der Waals surface area contributed by atoms with Crippen molar-refractivity contribution in [1.29, 1.82) is 0 Å². The summed E-state index contributed by atoms with van der Waals surface area (Å²) in [5.74, 6) is 0. The van der Waals surface area contributed by atoms with Gasteiger partial charge in [0.15, 0.2) is 0 Å². The highest BCUT2D eigenvalue weighted by Crippen LogP contribution is 2.23. The van der Waals surface area contributed by atoms with Gasteiger partial charge in [0.05, 0.1) is 10.0 Å². The lowest BCUT2D eigenvalue weighted by Gasteiger charge is -2.19. The maximum absolute atomic E-state index is 11.9. The molecular weight excluding hydrogens is 287 g/mol. The van der Waals surface area contributed by atoms with E-state index in [0.717, 1.165) is 31.6 Å². The normalized spacial score (nSPS) is 16.0. The van der Waals surface area contributed by atoms with Crippen molar-refractivity contribution in [2.75, 3.05) is 26.2 Å². The molecule has 0 radical (unpaired) electrons. The highest BCUT2D eigenvalue weighted by atomic mass is 35.5. The van der Waals surface area contributed by atoms with E-state index in [9.17, 15) is 4.79 Å². The molecule has 0 unspecified atom stereocenters. The zero-order valence-electron chi connectivity index (χ0n) is 10.5. The number of nitrogens with zero attached hydrogens (tertiary/aromatic N) is 1. The topological polar surface area (TPSA) is 41.6 Å². The molecule has 1 aliphatic rings. The van der Waals surface area contributed by atoms with Crippen LogP contribution in [0.15, 0.2) is 18.2 Å². The summed E-state index contributed by atoms with van der Waals surface area (Å²) >= 11 is 11.7. The van der Waals surface area contributed by atoms with Crippen LogP contribution in [0.2, 0.25) is 10.0 Å². The largest absolute Gasteiger partial charge is 0.445 e. The molecule has 0 bridgehead atoms. The van der Waals surface area contributed by atoms with Gasteiger partial charge < -0.3 is 15.0 Å². The Morgan fingerprint density at radius 3 is 2.89 bits per heavy atom. The van der Waals surface area contributed by atoms with Crippen molar-refractivity contribution in [1.82, 2.24) is 10.2 Å². The van der Waals surface area contributed by atoms with Gasteiger partial charge in [-0.25, -0.2) is 4.79 Å². The smallest absolute Gasteiger partial charge is 0.410 e. The average molecular weight is 303 g/mol. The van der Waals surface area contributed by atoms with Gasteiger partial charge in [0.25, 0.3) is 0 Å². The number of amides is 1. The van der Waals surface area contributed by atoms with Gasteiger partial charge in [0.2, 0.25) is 0 Å². The second kappa shape index (κ2) is 6.98. The molecule has 0 saturated carbocycles. The van der Waals surface area contributed by atoms with Crippen LogP contribution in [0, 0.1) is 0 Å². The SMILES string of the molecule is O=C(OCc1ccc(Cl)c(Cl)c1)N1CCCNCC1. The van der Waals surface area contributed by atoms with Crippen molar-refractivity contribution in [3.05, 3.63) is 33.8 Å². The summed E-state index contributed by atoms with van der Waals surface area (Å²) in [5.41, 5.74) is 0.829. The van der Waals surface area contributed by atoms with Crippen LogP contribution in [-0.2, 0) is 11.3 Å². The number of carbonyl (C=O) groups is 1. The fourth-order valence-corrected chi connectivity index (χ4v) is 2.21. The fraction of sp³-hybridized carbons (Fsp3) is 0.462. The molecule has 1 aliphatic heterocycles. The standard InChI is InChI=1S/C13H16Cl2N2O2/c14-11-3-2-10(8-12(11)15)9-19-13(18)17-6-1-4-16-5-7-17/h2-3,8,16H,1,4-7,9H2. The Bertz CT molecular complexity index is 446. The van der Waals surface area contributed by atoms with Crippen LogP contribution in [0.3, 0.4) is 0 Å². The highest BCUT2D eigenvalue weighted by Gasteiger charge is 2.16. The Balaban J connectivity index is 1.86. The molecule has 1 N–H and O–H groups in total. The van der Waals surface area contributed by atoms with E-state index in [2.05, 4.69) is 5.32 Å². The molecule has 0 aromatic heterocycles. The summed E-state index contributed by atoms with van der Waals surface area (Å²) in [6, 6.07) is 5.20. The first-order chi connectivity index (χ1) is 9.16. The van der Waals surface area contributed by atoms with Crippen molar-refractivity contribution in [2.24, 2.45) is 0 Å². The van der Waals surface area contributed by atoms with Gasteiger partial charge in [0, 0.05) is 19.6 Å². The number of hydrogen-bond donors (Lipinski definition) is 1. The number of ether oxygens (including phenoxy) is 1. The summed E-state index contributed by atoms with van der Waals surface area (Å²) in [6.45, 7) is 3.37. The Hall–Kier alpha value is -0.970. The summed E-state index contributed by atoms with van der Waals surface area (Å²) in [7, 11) is 0. The van der Waals surface area contributed by atoms with E-state index in [1.54, 1.807) is 23.1 Å². The minimum atomic E-state index is -0.283. The zero-order valence-corrected chi connectivity index (χ0v) is 12.0. The Labute approximate surface area is 122 Å². The Kier molecular flexibility index (Phi) is 5.31. The molecule has 1 aromatic rings. The zero-order chi connectivity index (χ0) is 13.7. The van der Waals surface area contributed by atoms with E-state index in [0.29, 0.717) is 16.6 Å². The van der Waals surface area contributed by atoms with Crippen molar-refractivity contribution < 1.29 is 9.53 Å². The molecule has 2 rings (SSSR count). The first-order valence-corrected chi connectivity index (χ1v) is 6.99. The lowest BCUT2D eigenvalue weighted by atomic mass is 10.2. The van der Waals surface area contributed by atoms with E-state index in [-0.39, 0.29) is 12.7 Å². The number of rotatable bonds is 2. The summed E-state index contributed by atoms with van der Waals surface area (Å²) < 4.78 is 5.28. The van der Waals surface area contributed by atoms with Crippen LogP contribution in [-0.4, -0.2) is 37.2 Å². The minimum Gasteiger partial charge on any atom is -0.445 e. The number of hydrogen-bond acceptors (Lipinski definition) is 3. The number of carbonyl (C=O) groups excluding carboxylic acids is 1. The van der Waals surface area contributed by atoms with Crippen molar-refractivity contribution in [3.63, 3.8) is 0 Å². The molecule has 0 atom stereocenters. The number of benzene rings is 1. The van der Waals surface area contributed by atoms with E-state index < -0.39 is 0 Å². The third kappa shape index (κ3) is 4.27. The van der Waals surface area contributed by atoms with Crippen LogP contribution in [0.25, 0.3) is 0 Å². The van der Waals surface area contributed by atoms with Gasteiger partial charge in [-0.05, 0) is 30.7 Å². The number of halogens is 2. The maximum Gasteiger partial charge on any atom is 0.410 e. The second-order valence-corrected chi connectivity index (χ2v) is 5.21. The van der Waals surface area contributed by atoms with Gasteiger partial charge >= 0.3 is 6.09 Å². The quantitative estimate of drug-likeness (QED) is 0.913.